The van der Waals surface area contributed by atoms with Crippen molar-refractivity contribution in [2.75, 3.05) is 0 Å². The molecular weight excluding hydrogens is 132 g/mol. The zero-order chi connectivity index (χ0) is 9.11. The van der Waals surface area contributed by atoms with Crippen LogP contribution in [0.4, 0.5) is 0 Å². The summed E-state index contributed by atoms with van der Waals surface area (Å²) in [4.78, 5) is 0. The van der Waals surface area contributed by atoms with Gasteiger partial charge in [0.1, 0.15) is 0 Å². The molecule has 0 unspecified atom stereocenters. The van der Waals surface area contributed by atoms with Gasteiger partial charge in [0.15, 0.2) is 0 Å². The minimum absolute atomic E-state index is 0.718. The molecule has 0 atom stereocenters. The fourth-order valence-electron chi connectivity index (χ4n) is 0.589. The number of allylic oxidation sites excluding steroid dienone is 3. The summed E-state index contributed by atoms with van der Waals surface area (Å²) < 4.78 is 0. The Labute approximate surface area is 72.0 Å². The van der Waals surface area contributed by atoms with Gasteiger partial charge in [-0.1, -0.05) is 45.4 Å². The SMILES string of the molecule is C=CCCC.CC=CC(C)C. The fourth-order valence-corrected chi connectivity index (χ4v) is 0.589. The van der Waals surface area contributed by atoms with Gasteiger partial charge >= 0.3 is 0 Å². The molecule has 0 saturated heterocycles. The zero-order valence-electron chi connectivity index (χ0n) is 8.43. The summed E-state index contributed by atoms with van der Waals surface area (Å²) in [6, 6.07) is 0. The van der Waals surface area contributed by atoms with E-state index >= 15 is 0 Å². The first-order valence-electron chi connectivity index (χ1n) is 4.42. The van der Waals surface area contributed by atoms with Crippen molar-refractivity contribution in [3.63, 3.8) is 0 Å². The smallest absolute Gasteiger partial charge is 0.0291 e. The van der Waals surface area contributed by atoms with E-state index in [9.17, 15) is 0 Å². The second-order valence-corrected chi connectivity index (χ2v) is 2.85. The molecule has 0 rings (SSSR count). The van der Waals surface area contributed by atoms with E-state index in [1.165, 1.54) is 6.42 Å². The van der Waals surface area contributed by atoms with E-state index < -0.39 is 0 Å². The van der Waals surface area contributed by atoms with E-state index in [0.29, 0.717) is 0 Å². The molecule has 0 spiro atoms. The molecule has 0 fully saturated rings. The summed E-state index contributed by atoms with van der Waals surface area (Å²) in [6.07, 6.45) is 8.55. The Kier molecular flexibility index (Phi) is 14.5. The van der Waals surface area contributed by atoms with Crippen molar-refractivity contribution in [2.45, 2.75) is 40.5 Å². The number of rotatable bonds is 3. The van der Waals surface area contributed by atoms with Crippen molar-refractivity contribution in [3.8, 4) is 0 Å². The van der Waals surface area contributed by atoms with Crippen molar-refractivity contribution in [3.05, 3.63) is 24.8 Å². The van der Waals surface area contributed by atoms with Crippen LogP contribution in [-0.2, 0) is 0 Å². The van der Waals surface area contributed by atoms with Crippen LogP contribution in [0.2, 0.25) is 0 Å². The molecule has 0 aromatic carbocycles. The molecule has 0 aliphatic rings. The van der Waals surface area contributed by atoms with Gasteiger partial charge in [-0.3, -0.25) is 0 Å². The predicted molar refractivity (Wildman–Crippen MR) is 54.8 cm³/mol. The van der Waals surface area contributed by atoms with Crippen LogP contribution in [0.5, 0.6) is 0 Å². The number of hydrogen-bond donors (Lipinski definition) is 0. The highest BCUT2D eigenvalue weighted by molar-refractivity contribution is 4.79. The molecule has 0 amide bonds. The molecule has 0 saturated carbocycles. The highest BCUT2D eigenvalue weighted by Gasteiger charge is 1.76. The quantitative estimate of drug-likeness (QED) is 0.535. The number of hydrogen-bond acceptors (Lipinski definition) is 0. The molecule has 66 valence electrons. The van der Waals surface area contributed by atoms with Gasteiger partial charge in [0.25, 0.3) is 0 Å². The van der Waals surface area contributed by atoms with E-state index in [1.807, 2.05) is 13.0 Å². The average Bonchev–Trinajstić information content (AvgIpc) is 1.90. The molecule has 0 aliphatic carbocycles. The van der Waals surface area contributed by atoms with E-state index in [0.717, 1.165) is 12.3 Å². The summed E-state index contributed by atoms with van der Waals surface area (Å²) in [5.41, 5.74) is 0. The van der Waals surface area contributed by atoms with Crippen LogP contribution in [0.1, 0.15) is 40.5 Å². The van der Waals surface area contributed by atoms with E-state index in [2.05, 4.69) is 39.5 Å². The summed E-state index contributed by atoms with van der Waals surface area (Å²) in [7, 11) is 0. The molecule has 0 aromatic heterocycles. The molecule has 0 nitrogen and oxygen atoms in total. The summed E-state index contributed by atoms with van der Waals surface area (Å²) in [5, 5.41) is 0. The van der Waals surface area contributed by atoms with Crippen LogP contribution in [-0.4, -0.2) is 0 Å². The number of unbranched alkanes of at least 4 members (excludes halogenated alkanes) is 1. The second-order valence-electron chi connectivity index (χ2n) is 2.85. The Bertz CT molecular complexity index is 88.2. The van der Waals surface area contributed by atoms with Crippen LogP contribution in [0, 0.1) is 5.92 Å². The van der Waals surface area contributed by atoms with Gasteiger partial charge in [0, 0.05) is 0 Å². The summed E-state index contributed by atoms with van der Waals surface area (Å²) in [6.45, 7) is 12.1. The maximum atomic E-state index is 3.55. The van der Waals surface area contributed by atoms with Gasteiger partial charge in [-0.05, 0) is 19.3 Å². The lowest BCUT2D eigenvalue weighted by Gasteiger charge is -1.86. The third-order valence-electron chi connectivity index (χ3n) is 1.07. The van der Waals surface area contributed by atoms with Crippen LogP contribution >= 0.6 is 0 Å². The lowest BCUT2D eigenvalue weighted by molar-refractivity contribution is 0.830. The van der Waals surface area contributed by atoms with Gasteiger partial charge in [-0.15, -0.1) is 6.58 Å². The summed E-state index contributed by atoms with van der Waals surface area (Å²) >= 11 is 0. The van der Waals surface area contributed by atoms with Gasteiger partial charge in [-0.25, -0.2) is 0 Å². The largest absolute Gasteiger partial charge is 0.103 e. The Morgan fingerprint density at radius 2 is 1.91 bits per heavy atom. The average molecular weight is 154 g/mol. The third-order valence-corrected chi connectivity index (χ3v) is 1.07. The first-order chi connectivity index (χ1) is 5.18. The maximum Gasteiger partial charge on any atom is -0.0291 e. The lowest BCUT2D eigenvalue weighted by Crippen LogP contribution is -1.73. The Morgan fingerprint density at radius 1 is 1.36 bits per heavy atom. The van der Waals surface area contributed by atoms with Crippen LogP contribution < -0.4 is 0 Å². The normalized spacial score (nSPS) is 9.55. The molecule has 0 heterocycles. The zero-order valence-corrected chi connectivity index (χ0v) is 8.43. The van der Waals surface area contributed by atoms with Crippen LogP contribution in [0.25, 0.3) is 0 Å². The Hall–Kier alpha value is -0.520. The van der Waals surface area contributed by atoms with Gasteiger partial charge in [-0.2, -0.15) is 0 Å². The molecule has 0 aliphatic heterocycles. The summed E-state index contributed by atoms with van der Waals surface area (Å²) in [5.74, 6) is 0.718. The lowest BCUT2D eigenvalue weighted by atomic mass is 10.2. The minimum Gasteiger partial charge on any atom is -0.103 e. The van der Waals surface area contributed by atoms with Gasteiger partial charge in [0.2, 0.25) is 0 Å². The van der Waals surface area contributed by atoms with Gasteiger partial charge in [0.05, 0.1) is 0 Å². The molecule has 0 radical (unpaired) electrons. The molecule has 11 heavy (non-hydrogen) atoms. The first-order valence-corrected chi connectivity index (χ1v) is 4.42. The topological polar surface area (TPSA) is 0 Å². The Morgan fingerprint density at radius 3 is 1.91 bits per heavy atom. The maximum absolute atomic E-state index is 3.55. The highest BCUT2D eigenvalue weighted by atomic mass is 13.8. The molecule has 0 bridgehead atoms. The molecular formula is C11H22. The fraction of sp³-hybridized carbons (Fsp3) is 0.636. The second kappa shape index (κ2) is 12.2. The van der Waals surface area contributed by atoms with Crippen molar-refractivity contribution in [1.82, 2.24) is 0 Å². The van der Waals surface area contributed by atoms with E-state index in [1.54, 1.807) is 0 Å². The van der Waals surface area contributed by atoms with Crippen molar-refractivity contribution < 1.29 is 0 Å². The predicted octanol–water partition coefficient (Wildman–Crippen LogP) is 4.19. The molecule has 0 heteroatoms. The van der Waals surface area contributed by atoms with Crippen molar-refractivity contribution >= 4 is 0 Å². The minimum atomic E-state index is 0.718. The van der Waals surface area contributed by atoms with E-state index in [-0.39, 0.29) is 0 Å². The van der Waals surface area contributed by atoms with Crippen molar-refractivity contribution in [2.24, 2.45) is 5.92 Å². The van der Waals surface area contributed by atoms with E-state index in [4.69, 9.17) is 0 Å². The van der Waals surface area contributed by atoms with Crippen LogP contribution in [0.15, 0.2) is 24.8 Å². The first kappa shape index (κ1) is 13.1. The monoisotopic (exact) mass is 154 g/mol. The molecule has 0 N–H and O–H groups in total. The Balaban J connectivity index is 0. The standard InChI is InChI=1S/C6H12.C5H10/c1-4-5-6(2)3;1-3-5-4-2/h4-6H,1-3H3;3H,1,4-5H2,2H3. The third kappa shape index (κ3) is 26.4. The van der Waals surface area contributed by atoms with Crippen molar-refractivity contribution in [1.29, 1.82) is 0 Å². The highest BCUT2D eigenvalue weighted by Crippen LogP contribution is 1.90. The van der Waals surface area contributed by atoms with Crippen LogP contribution in [0.3, 0.4) is 0 Å². The molecule has 0 aromatic rings. The van der Waals surface area contributed by atoms with Gasteiger partial charge < -0.3 is 0 Å².